The molecule has 23 heavy (non-hydrogen) atoms. The summed E-state index contributed by atoms with van der Waals surface area (Å²) in [5, 5.41) is 3.13. The van der Waals surface area contributed by atoms with E-state index in [0.29, 0.717) is 6.54 Å². The second-order valence-electron chi connectivity index (χ2n) is 6.60. The lowest BCUT2D eigenvalue weighted by Gasteiger charge is -2.50. The minimum Gasteiger partial charge on any atom is -0.468 e. The highest BCUT2D eigenvalue weighted by molar-refractivity contribution is 5.77. The molecule has 4 heteroatoms. The first-order valence-corrected chi connectivity index (χ1v) is 7.97. The first-order chi connectivity index (χ1) is 11.0. The van der Waals surface area contributed by atoms with Crippen molar-refractivity contribution in [1.29, 1.82) is 0 Å². The van der Waals surface area contributed by atoms with E-state index >= 15 is 0 Å². The molecule has 2 aliphatic heterocycles. The van der Waals surface area contributed by atoms with E-state index in [9.17, 15) is 4.79 Å². The number of ether oxygens (including phenoxy) is 1. The molecule has 4 nitrogen and oxygen atoms in total. The molecule has 2 aromatic carbocycles. The molecule has 0 aliphatic carbocycles. The lowest BCUT2D eigenvalue weighted by atomic mass is 9.89. The molecule has 1 N–H and O–H groups in total. The van der Waals surface area contributed by atoms with Crippen molar-refractivity contribution in [3.63, 3.8) is 0 Å². The molecular weight excluding hydrogens is 288 g/mol. The number of nitrogens with zero attached hydrogens (tertiary/aromatic N) is 1. The first kappa shape index (κ1) is 14.1. The Morgan fingerprint density at radius 2 is 2.04 bits per heavy atom. The molecule has 2 bridgehead atoms. The van der Waals surface area contributed by atoms with Crippen LogP contribution in [0.3, 0.4) is 0 Å². The van der Waals surface area contributed by atoms with Crippen LogP contribution in [0.25, 0.3) is 0 Å². The van der Waals surface area contributed by atoms with Gasteiger partial charge in [-0.15, -0.1) is 0 Å². The van der Waals surface area contributed by atoms with Gasteiger partial charge in [-0.1, -0.05) is 48.0 Å². The maximum atomic E-state index is 12.6. The molecule has 2 heterocycles. The molecule has 0 aromatic heterocycles. The third-order valence-corrected chi connectivity index (χ3v) is 4.75. The predicted molar refractivity (Wildman–Crippen MR) is 88.1 cm³/mol. The van der Waals surface area contributed by atoms with Crippen LogP contribution in [0.4, 0.5) is 4.79 Å². The fourth-order valence-electron chi connectivity index (χ4n) is 3.54. The van der Waals surface area contributed by atoms with Crippen molar-refractivity contribution in [2.45, 2.75) is 38.6 Å². The van der Waals surface area contributed by atoms with Gasteiger partial charge < -0.3 is 10.1 Å². The third kappa shape index (κ3) is 2.34. The van der Waals surface area contributed by atoms with Crippen LogP contribution in [-0.2, 0) is 6.54 Å². The molecule has 2 amide bonds. The number of nitrogens with one attached hydrogen (secondary N) is 1. The van der Waals surface area contributed by atoms with E-state index in [4.69, 9.17) is 4.74 Å². The number of hydrogen-bond donors (Lipinski definition) is 1. The standard InChI is InChI=1S/C19H20N2O2/c1-13-8-9-17-15(10-13)16-11-19(2,23-17)21(18(22)20-16)12-14-6-4-3-5-7-14/h3-10,16H,11-12H2,1-2H3,(H,20,22)/t16-,19+/m0/s1. The zero-order chi connectivity index (χ0) is 16.0. The van der Waals surface area contributed by atoms with Gasteiger partial charge in [0.05, 0.1) is 12.6 Å². The smallest absolute Gasteiger partial charge is 0.321 e. The number of urea groups is 1. The van der Waals surface area contributed by atoms with E-state index in [-0.39, 0.29) is 12.1 Å². The topological polar surface area (TPSA) is 41.6 Å². The molecule has 118 valence electrons. The minimum atomic E-state index is -0.620. The highest BCUT2D eigenvalue weighted by atomic mass is 16.5. The Bertz CT molecular complexity index is 759. The Hall–Kier alpha value is -2.49. The van der Waals surface area contributed by atoms with Gasteiger partial charge in [0.2, 0.25) is 0 Å². The average Bonchev–Trinajstić information content (AvgIpc) is 2.53. The lowest BCUT2D eigenvalue weighted by Crippen LogP contribution is -2.64. The zero-order valence-electron chi connectivity index (χ0n) is 13.4. The van der Waals surface area contributed by atoms with Crippen molar-refractivity contribution in [3.8, 4) is 5.75 Å². The highest BCUT2D eigenvalue weighted by Crippen LogP contribution is 2.44. The normalized spacial score (nSPS) is 25.4. The summed E-state index contributed by atoms with van der Waals surface area (Å²) in [5.74, 6) is 0.868. The van der Waals surface area contributed by atoms with Gasteiger partial charge in [0, 0.05) is 12.0 Å². The summed E-state index contributed by atoms with van der Waals surface area (Å²) in [6, 6.07) is 16.1. The maximum absolute atomic E-state index is 12.6. The maximum Gasteiger partial charge on any atom is 0.321 e. The Morgan fingerprint density at radius 1 is 1.26 bits per heavy atom. The van der Waals surface area contributed by atoms with Crippen molar-refractivity contribution in [2.75, 3.05) is 0 Å². The van der Waals surface area contributed by atoms with Crippen molar-refractivity contribution >= 4 is 6.03 Å². The number of rotatable bonds is 2. The summed E-state index contributed by atoms with van der Waals surface area (Å²) >= 11 is 0. The number of aryl methyl sites for hydroxylation is 1. The Kier molecular flexibility index (Phi) is 3.08. The molecule has 1 saturated heterocycles. The van der Waals surface area contributed by atoms with Crippen molar-refractivity contribution in [2.24, 2.45) is 0 Å². The van der Waals surface area contributed by atoms with E-state index in [0.717, 1.165) is 23.3 Å². The van der Waals surface area contributed by atoms with Gasteiger partial charge in [-0.3, -0.25) is 4.90 Å². The van der Waals surface area contributed by atoms with Crippen molar-refractivity contribution in [3.05, 3.63) is 65.2 Å². The third-order valence-electron chi connectivity index (χ3n) is 4.75. The fraction of sp³-hybridized carbons (Fsp3) is 0.316. The second-order valence-corrected chi connectivity index (χ2v) is 6.60. The molecule has 0 saturated carbocycles. The Balaban J connectivity index is 1.69. The number of benzene rings is 2. The van der Waals surface area contributed by atoms with Gasteiger partial charge >= 0.3 is 6.03 Å². The molecule has 0 spiro atoms. The van der Waals surface area contributed by atoms with E-state index < -0.39 is 5.72 Å². The van der Waals surface area contributed by atoms with Crippen LogP contribution in [0.15, 0.2) is 48.5 Å². The van der Waals surface area contributed by atoms with Gasteiger partial charge in [-0.2, -0.15) is 0 Å². The number of carbonyl (C=O) groups excluding carboxylic acids is 1. The monoisotopic (exact) mass is 308 g/mol. The van der Waals surface area contributed by atoms with Crippen LogP contribution in [0, 0.1) is 6.92 Å². The number of fused-ring (bicyclic) bond motifs is 4. The van der Waals surface area contributed by atoms with Crippen LogP contribution >= 0.6 is 0 Å². The summed E-state index contributed by atoms with van der Waals surface area (Å²) in [6.45, 7) is 4.60. The number of carbonyl (C=O) groups is 1. The summed E-state index contributed by atoms with van der Waals surface area (Å²) in [6.07, 6.45) is 0.752. The van der Waals surface area contributed by atoms with Gasteiger partial charge in [-0.25, -0.2) is 4.79 Å². The quantitative estimate of drug-likeness (QED) is 0.918. The molecule has 0 unspecified atom stereocenters. The van der Waals surface area contributed by atoms with E-state index in [2.05, 4.69) is 18.3 Å². The molecule has 2 atom stereocenters. The zero-order valence-corrected chi connectivity index (χ0v) is 13.4. The summed E-state index contributed by atoms with van der Waals surface area (Å²) in [7, 11) is 0. The van der Waals surface area contributed by atoms with Gasteiger partial charge in [0.15, 0.2) is 5.72 Å². The molecular formula is C19H20N2O2. The van der Waals surface area contributed by atoms with E-state index in [1.807, 2.05) is 49.4 Å². The van der Waals surface area contributed by atoms with Gasteiger partial charge in [0.25, 0.3) is 0 Å². The summed E-state index contributed by atoms with van der Waals surface area (Å²) in [4.78, 5) is 14.4. The van der Waals surface area contributed by atoms with E-state index in [1.54, 1.807) is 4.90 Å². The molecule has 4 rings (SSSR count). The van der Waals surface area contributed by atoms with Crippen LogP contribution in [0.2, 0.25) is 0 Å². The Labute approximate surface area is 136 Å². The van der Waals surface area contributed by atoms with Crippen molar-refractivity contribution < 1.29 is 9.53 Å². The molecule has 2 aromatic rings. The molecule has 2 aliphatic rings. The molecule has 1 fully saturated rings. The van der Waals surface area contributed by atoms with Crippen LogP contribution in [0.1, 0.15) is 36.1 Å². The lowest BCUT2D eigenvalue weighted by molar-refractivity contribution is -0.0879. The fourth-order valence-corrected chi connectivity index (χ4v) is 3.54. The van der Waals surface area contributed by atoms with Crippen molar-refractivity contribution in [1.82, 2.24) is 10.2 Å². The summed E-state index contributed by atoms with van der Waals surface area (Å²) < 4.78 is 6.27. The SMILES string of the molecule is Cc1ccc2c(c1)[C@@H]1C[C@@](C)(O2)N(Cc2ccccc2)C(=O)N1. The second kappa shape index (κ2) is 5.01. The van der Waals surface area contributed by atoms with Crippen LogP contribution < -0.4 is 10.1 Å². The predicted octanol–water partition coefficient (Wildman–Crippen LogP) is 3.76. The first-order valence-electron chi connectivity index (χ1n) is 7.97. The molecule has 0 radical (unpaired) electrons. The van der Waals surface area contributed by atoms with Gasteiger partial charge in [0.1, 0.15) is 5.75 Å². The largest absolute Gasteiger partial charge is 0.468 e. The number of amides is 2. The summed E-state index contributed by atoms with van der Waals surface area (Å²) in [5.41, 5.74) is 2.73. The number of hydrogen-bond acceptors (Lipinski definition) is 2. The van der Waals surface area contributed by atoms with Gasteiger partial charge in [-0.05, 0) is 25.5 Å². The average molecular weight is 308 g/mol. The Morgan fingerprint density at radius 3 is 2.83 bits per heavy atom. The van der Waals surface area contributed by atoms with Crippen LogP contribution in [-0.4, -0.2) is 16.7 Å². The van der Waals surface area contributed by atoms with E-state index in [1.165, 1.54) is 5.56 Å². The van der Waals surface area contributed by atoms with Crippen LogP contribution in [0.5, 0.6) is 5.75 Å². The minimum absolute atomic E-state index is 0.0168. The highest BCUT2D eigenvalue weighted by Gasteiger charge is 2.48.